The quantitative estimate of drug-likeness (QED) is 0.753. The number of fused-ring (bicyclic) bond motifs is 1. The van der Waals surface area contributed by atoms with E-state index in [0.717, 1.165) is 24.0 Å². The SMILES string of the molecule is Cc1ccccc1C(=O)NCC1(c2c[nH]c3ccccc23)CC1. The maximum absolute atomic E-state index is 12.5. The number of aromatic amines is 1. The van der Waals surface area contributed by atoms with Crippen molar-refractivity contribution in [2.24, 2.45) is 0 Å². The molecule has 23 heavy (non-hydrogen) atoms. The van der Waals surface area contributed by atoms with Gasteiger partial charge in [-0.2, -0.15) is 0 Å². The molecule has 3 aromatic rings. The molecule has 1 aromatic heterocycles. The molecule has 1 saturated carbocycles. The Hall–Kier alpha value is -2.55. The van der Waals surface area contributed by atoms with Crippen LogP contribution in [0.2, 0.25) is 0 Å². The second-order valence-corrected chi connectivity index (χ2v) is 6.53. The normalized spacial score (nSPS) is 15.5. The number of aryl methyl sites for hydroxylation is 1. The summed E-state index contributed by atoms with van der Waals surface area (Å²) in [6, 6.07) is 16.1. The first-order valence-electron chi connectivity index (χ1n) is 8.10. The Morgan fingerprint density at radius 3 is 2.65 bits per heavy atom. The largest absolute Gasteiger partial charge is 0.361 e. The van der Waals surface area contributed by atoms with Crippen molar-refractivity contribution in [2.45, 2.75) is 25.2 Å². The predicted molar refractivity (Wildman–Crippen MR) is 92.7 cm³/mol. The Kier molecular flexibility index (Phi) is 3.22. The van der Waals surface area contributed by atoms with Crippen molar-refractivity contribution >= 4 is 16.8 Å². The Labute approximate surface area is 135 Å². The summed E-state index contributed by atoms with van der Waals surface area (Å²) >= 11 is 0. The second kappa shape index (κ2) is 5.27. The number of amides is 1. The van der Waals surface area contributed by atoms with Gasteiger partial charge >= 0.3 is 0 Å². The molecule has 3 nitrogen and oxygen atoms in total. The van der Waals surface area contributed by atoms with Crippen LogP contribution in [0.25, 0.3) is 10.9 Å². The van der Waals surface area contributed by atoms with E-state index in [4.69, 9.17) is 0 Å². The van der Waals surface area contributed by atoms with Crippen molar-refractivity contribution < 1.29 is 4.79 Å². The number of aromatic nitrogens is 1. The molecule has 3 heteroatoms. The molecule has 4 rings (SSSR count). The zero-order valence-corrected chi connectivity index (χ0v) is 13.2. The Bertz CT molecular complexity index is 874. The number of H-pyrrole nitrogens is 1. The fourth-order valence-electron chi connectivity index (χ4n) is 3.37. The van der Waals surface area contributed by atoms with Crippen LogP contribution in [-0.2, 0) is 5.41 Å². The maximum atomic E-state index is 12.5. The number of rotatable bonds is 4. The lowest BCUT2D eigenvalue weighted by Gasteiger charge is -2.16. The van der Waals surface area contributed by atoms with Gasteiger partial charge in [-0.25, -0.2) is 0 Å². The molecule has 0 saturated heterocycles. The van der Waals surface area contributed by atoms with E-state index >= 15 is 0 Å². The Morgan fingerprint density at radius 1 is 1.13 bits per heavy atom. The summed E-state index contributed by atoms with van der Waals surface area (Å²) in [5, 5.41) is 4.42. The van der Waals surface area contributed by atoms with Gasteiger partial charge in [0.2, 0.25) is 0 Å². The summed E-state index contributed by atoms with van der Waals surface area (Å²) in [5.41, 5.74) is 4.37. The molecular formula is C20H20N2O. The molecule has 1 fully saturated rings. The predicted octanol–water partition coefficient (Wildman–Crippen LogP) is 3.94. The first-order chi connectivity index (χ1) is 11.2. The third-order valence-corrected chi connectivity index (χ3v) is 4.99. The average Bonchev–Trinajstić information content (AvgIpc) is 3.23. The van der Waals surface area contributed by atoms with E-state index in [1.165, 1.54) is 16.5 Å². The van der Waals surface area contributed by atoms with E-state index in [9.17, 15) is 4.79 Å². The van der Waals surface area contributed by atoms with Gasteiger partial charge in [0.05, 0.1) is 0 Å². The van der Waals surface area contributed by atoms with Crippen LogP contribution in [-0.4, -0.2) is 17.4 Å². The summed E-state index contributed by atoms with van der Waals surface area (Å²) in [7, 11) is 0. The van der Waals surface area contributed by atoms with Gasteiger partial charge in [0, 0.05) is 34.6 Å². The van der Waals surface area contributed by atoms with Gasteiger partial charge in [0.25, 0.3) is 5.91 Å². The summed E-state index contributed by atoms with van der Waals surface area (Å²) < 4.78 is 0. The van der Waals surface area contributed by atoms with Gasteiger partial charge in [-0.1, -0.05) is 36.4 Å². The van der Waals surface area contributed by atoms with Gasteiger partial charge < -0.3 is 10.3 Å². The van der Waals surface area contributed by atoms with Gasteiger partial charge in [-0.3, -0.25) is 4.79 Å². The van der Waals surface area contributed by atoms with Gasteiger partial charge in [0.1, 0.15) is 0 Å². The van der Waals surface area contributed by atoms with Crippen molar-refractivity contribution in [1.82, 2.24) is 10.3 Å². The summed E-state index contributed by atoms with van der Waals surface area (Å²) in [6.07, 6.45) is 4.36. The molecule has 0 atom stereocenters. The number of hydrogen-bond acceptors (Lipinski definition) is 1. The summed E-state index contributed by atoms with van der Waals surface area (Å²) in [5.74, 6) is 0.0224. The number of carbonyl (C=O) groups is 1. The van der Waals surface area contributed by atoms with Crippen LogP contribution in [0.15, 0.2) is 54.7 Å². The fraction of sp³-hybridized carbons (Fsp3) is 0.250. The van der Waals surface area contributed by atoms with E-state index in [2.05, 4.69) is 34.7 Å². The second-order valence-electron chi connectivity index (χ2n) is 6.53. The van der Waals surface area contributed by atoms with Crippen molar-refractivity contribution in [3.63, 3.8) is 0 Å². The molecular weight excluding hydrogens is 284 g/mol. The van der Waals surface area contributed by atoms with Crippen LogP contribution < -0.4 is 5.32 Å². The number of carbonyl (C=O) groups excluding carboxylic acids is 1. The molecule has 0 spiro atoms. The van der Waals surface area contributed by atoms with Crippen LogP contribution in [0.5, 0.6) is 0 Å². The van der Waals surface area contributed by atoms with Crippen LogP contribution in [0.3, 0.4) is 0 Å². The minimum Gasteiger partial charge on any atom is -0.361 e. The number of para-hydroxylation sites is 1. The third kappa shape index (κ3) is 2.42. The number of nitrogens with one attached hydrogen (secondary N) is 2. The molecule has 1 aliphatic rings. The molecule has 1 heterocycles. The van der Waals surface area contributed by atoms with Crippen LogP contribution >= 0.6 is 0 Å². The van der Waals surface area contributed by atoms with Crippen LogP contribution in [0.4, 0.5) is 0 Å². The average molecular weight is 304 g/mol. The molecule has 0 aliphatic heterocycles. The highest BCUT2D eigenvalue weighted by atomic mass is 16.1. The lowest BCUT2D eigenvalue weighted by molar-refractivity contribution is 0.0949. The van der Waals surface area contributed by atoms with Crippen molar-refractivity contribution in [1.29, 1.82) is 0 Å². The summed E-state index contributed by atoms with van der Waals surface area (Å²) in [4.78, 5) is 15.8. The molecule has 0 unspecified atom stereocenters. The first-order valence-corrected chi connectivity index (χ1v) is 8.10. The molecule has 2 N–H and O–H groups in total. The molecule has 1 aliphatic carbocycles. The zero-order chi connectivity index (χ0) is 15.9. The lowest BCUT2D eigenvalue weighted by Crippen LogP contribution is -2.32. The van der Waals surface area contributed by atoms with Crippen LogP contribution in [0, 0.1) is 6.92 Å². The molecule has 0 radical (unpaired) electrons. The highest BCUT2D eigenvalue weighted by Crippen LogP contribution is 2.49. The van der Waals surface area contributed by atoms with Gasteiger partial charge in [0.15, 0.2) is 0 Å². The van der Waals surface area contributed by atoms with Crippen molar-refractivity contribution in [2.75, 3.05) is 6.54 Å². The minimum atomic E-state index is 0.0224. The van der Waals surface area contributed by atoms with Crippen LogP contribution in [0.1, 0.15) is 34.3 Å². The molecule has 1 amide bonds. The smallest absolute Gasteiger partial charge is 0.251 e. The molecule has 0 bridgehead atoms. The van der Waals surface area contributed by atoms with Crippen molar-refractivity contribution in [3.8, 4) is 0 Å². The van der Waals surface area contributed by atoms with Gasteiger partial charge in [-0.05, 0) is 43.0 Å². The van der Waals surface area contributed by atoms with Gasteiger partial charge in [-0.15, -0.1) is 0 Å². The molecule has 116 valence electrons. The number of hydrogen-bond donors (Lipinski definition) is 2. The highest BCUT2D eigenvalue weighted by Gasteiger charge is 2.45. The molecule has 2 aromatic carbocycles. The Morgan fingerprint density at radius 2 is 1.87 bits per heavy atom. The highest BCUT2D eigenvalue weighted by molar-refractivity contribution is 5.95. The summed E-state index contributed by atoms with van der Waals surface area (Å²) in [6.45, 7) is 2.67. The van der Waals surface area contributed by atoms with E-state index in [-0.39, 0.29) is 11.3 Å². The van der Waals surface area contributed by atoms with E-state index in [1.807, 2.05) is 37.3 Å². The van der Waals surface area contributed by atoms with E-state index < -0.39 is 0 Å². The monoisotopic (exact) mass is 304 g/mol. The third-order valence-electron chi connectivity index (χ3n) is 4.99. The zero-order valence-electron chi connectivity index (χ0n) is 13.2. The fourth-order valence-corrected chi connectivity index (χ4v) is 3.37. The standard InChI is InChI=1S/C20H20N2O/c1-14-6-2-3-7-15(14)19(23)22-13-20(10-11-20)17-12-21-18-9-5-4-8-16(17)18/h2-9,12,21H,10-11,13H2,1H3,(H,22,23). The lowest BCUT2D eigenvalue weighted by atomic mass is 9.95. The minimum absolute atomic E-state index is 0.0224. The maximum Gasteiger partial charge on any atom is 0.251 e. The topological polar surface area (TPSA) is 44.9 Å². The first kappa shape index (κ1) is 14.1. The Balaban J connectivity index is 1.55. The van der Waals surface area contributed by atoms with Crippen molar-refractivity contribution in [3.05, 3.63) is 71.4 Å². The van der Waals surface area contributed by atoms with E-state index in [1.54, 1.807) is 0 Å². The number of benzene rings is 2. The van der Waals surface area contributed by atoms with E-state index in [0.29, 0.717) is 6.54 Å².